The van der Waals surface area contributed by atoms with E-state index in [2.05, 4.69) is 23.9 Å². The molecule has 1 aromatic heterocycles. The minimum absolute atomic E-state index is 0.144. The second-order valence-corrected chi connectivity index (χ2v) is 8.39. The third kappa shape index (κ3) is 6.48. The number of aromatic carboxylic acids is 1. The van der Waals surface area contributed by atoms with Crippen LogP contribution in [0.5, 0.6) is 0 Å². The minimum atomic E-state index is -0.955. The fourth-order valence-corrected chi connectivity index (χ4v) is 3.92. The van der Waals surface area contributed by atoms with Gasteiger partial charge in [0.2, 0.25) is 5.82 Å². The first-order chi connectivity index (χ1) is 16.5. The molecule has 3 rings (SSSR count). The monoisotopic (exact) mass is 459 g/mol. The van der Waals surface area contributed by atoms with Gasteiger partial charge >= 0.3 is 11.7 Å². The summed E-state index contributed by atoms with van der Waals surface area (Å²) in [4.78, 5) is 24.6. The summed E-state index contributed by atoms with van der Waals surface area (Å²) in [6.07, 6.45) is 7.61. The molecule has 0 aliphatic heterocycles. The lowest BCUT2D eigenvalue weighted by molar-refractivity contribution is 0.0697. The number of carboxylic acid groups (broad SMARTS) is 1. The van der Waals surface area contributed by atoms with E-state index in [1.165, 1.54) is 30.4 Å². The van der Waals surface area contributed by atoms with Gasteiger partial charge in [-0.15, -0.1) is 5.10 Å². The first-order valence-corrected chi connectivity index (χ1v) is 12.1. The number of unbranched alkanes of at least 4 members (excludes halogenated alkanes) is 5. The Morgan fingerprint density at radius 1 is 0.971 bits per heavy atom. The van der Waals surface area contributed by atoms with Gasteiger partial charge in [0.15, 0.2) is 0 Å². The van der Waals surface area contributed by atoms with E-state index in [1.807, 2.05) is 37.3 Å². The van der Waals surface area contributed by atoms with Gasteiger partial charge in [-0.2, -0.15) is 0 Å². The smallest absolute Gasteiger partial charge is 0.347 e. The second kappa shape index (κ2) is 12.6. The van der Waals surface area contributed by atoms with Gasteiger partial charge in [-0.3, -0.25) is 4.57 Å². The average molecular weight is 460 g/mol. The molecule has 0 saturated heterocycles. The quantitative estimate of drug-likeness (QED) is 0.300. The topological polar surface area (TPSA) is 77.1 Å². The molecule has 2 aromatic carbocycles. The Balaban J connectivity index is 1.78. The molecule has 3 aromatic rings. The summed E-state index contributed by atoms with van der Waals surface area (Å²) in [7, 11) is 0. The highest BCUT2D eigenvalue weighted by molar-refractivity contribution is 5.95. The van der Waals surface area contributed by atoms with E-state index in [0.29, 0.717) is 30.9 Å². The van der Waals surface area contributed by atoms with E-state index in [1.54, 1.807) is 22.8 Å². The Morgan fingerprint density at radius 3 is 2.38 bits per heavy atom. The van der Waals surface area contributed by atoms with Gasteiger partial charge in [0.25, 0.3) is 0 Å². The Morgan fingerprint density at radius 2 is 1.68 bits per heavy atom. The van der Waals surface area contributed by atoms with E-state index in [0.717, 1.165) is 24.0 Å². The highest BCUT2D eigenvalue weighted by atomic mass is 16.4. The van der Waals surface area contributed by atoms with E-state index >= 15 is 0 Å². The molecule has 1 heterocycles. The van der Waals surface area contributed by atoms with Crippen molar-refractivity contribution in [2.45, 2.75) is 71.9 Å². The maximum absolute atomic E-state index is 13.1. The van der Waals surface area contributed by atoms with Crippen molar-refractivity contribution in [1.82, 2.24) is 14.3 Å². The number of aryl methyl sites for hydroxylation is 1. The Bertz CT molecular complexity index is 1210. The number of carboxylic acids is 1. The van der Waals surface area contributed by atoms with Gasteiger partial charge in [-0.05, 0) is 35.1 Å². The average Bonchev–Trinajstić information content (AvgIpc) is 3.14. The molecule has 0 radical (unpaired) electrons. The van der Waals surface area contributed by atoms with Crippen LogP contribution in [-0.4, -0.2) is 25.4 Å². The van der Waals surface area contributed by atoms with E-state index in [-0.39, 0.29) is 11.3 Å². The number of hydrogen-bond acceptors (Lipinski definition) is 3. The fraction of sp³-hybridized carbons (Fsp3) is 0.393. The molecule has 0 saturated carbocycles. The van der Waals surface area contributed by atoms with Crippen LogP contribution < -0.4 is 5.69 Å². The van der Waals surface area contributed by atoms with Crippen molar-refractivity contribution >= 4 is 5.97 Å². The number of aromatic nitrogens is 3. The maximum atomic E-state index is 13.1. The predicted molar refractivity (Wildman–Crippen MR) is 135 cm³/mol. The molecular formula is C28H33N3O3. The van der Waals surface area contributed by atoms with Crippen LogP contribution in [0, 0.1) is 11.8 Å². The number of rotatable bonds is 11. The summed E-state index contributed by atoms with van der Waals surface area (Å²) in [6.45, 7) is 5.14. The summed E-state index contributed by atoms with van der Waals surface area (Å²) in [5.74, 6) is 5.59. The van der Waals surface area contributed by atoms with Gasteiger partial charge in [0.05, 0.1) is 12.1 Å². The first-order valence-electron chi connectivity index (χ1n) is 12.1. The molecular weight excluding hydrogens is 426 g/mol. The van der Waals surface area contributed by atoms with Crippen LogP contribution in [0.1, 0.15) is 80.5 Å². The van der Waals surface area contributed by atoms with Crippen molar-refractivity contribution in [2.75, 3.05) is 0 Å². The van der Waals surface area contributed by atoms with E-state index < -0.39 is 5.97 Å². The SMILES string of the molecule is CCC#Cc1nn(CCCCCCCC)c(=O)n1Cc1ccc(-c2ccccc2C(=O)O)cc1. The minimum Gasteiger partial charge on any atom is -0.478 e. The Labute approximate surface area is 201 Å². The van der Waals surface area contributed by atoms with Gasteiger partial charge in [-0.1, -0.05) is 94.3 Å². The molecule has 0 aliphatic rings. The highest BCUT2D eigenvalue weighted by Gasteiger charge is 2.14. The lowest BCUT2D eigenvalue weighted by Gasteiger charge is -2.08. The van der Waals surface area contributed by atoms with Crippen LogP contribution in [0.3, 0.4) is 0 Å². The van der Waals surface area contributed by atoms with Crippen LogP contribution in [0.15, 0.2) is 53.3 Å². The largest absolute Gasteiger partial charge is 0.478 e. The number of carbonyl (C=O) groups is 1. The first kappa shape index (κ1) is 25.0. The van der Waals surface area contributed by atoms with Crippen molar-refractivity contribution in [2.24, 2.45) is 0 Å². The molecule has 34 heavy (non-hydrogen) atoms. The molecule has 0 aliphatic carbocycles. The van der Waals surface area contributed by atoms with Crippen LogP contribution in [0.2, 0.25) is 0 Å². The van der Waals surface area contributed by atoms with Crippen molar-refractivity contribution in [3.63, 3.8) is 0 Å². The third-order valence-electron chi connectivity index (χ3n) is 5.79. The van der Waals surface area contributed by atoms with Crippen LogP contribution in [0.25, 0.3) is 11.1 Å². The standard InChI is InChI=1S/C28H33N3O3/c1-3-5-7-8-9-12-20-31-28(34)30(26(29-31)15-6-4-2)21-22-16-18-23(19-17-22)24-13-10-11-14-25(24)27(32)33/h10-11,13-14,16-19H,3-5,7-9,12,20-21H2,1-2H3,(H,32,33). The van der Waals surface area contributed by atoms with Crippen LogP contribution in [0.4, 0.5) is 0 Å². The van der Waals surface area contributed by atoms with Gasteiger partial charge in [0, 0.05) is 13.0 Å². The summed E-state index contributed by atoms with van der Waals surface area (Å²) in [5, 5.41) is 14.0. The van der Waals surface area contributed by atoms with Crippen LogP contribution >= 0.6 is 0 Å². The second-order valence-electron chi connectivity index (χ2n) is 8.39. The van der Waals surface area contributed by atoms with Crippen molar-refractivity contribution < 1.29 is 9.90 Å². The summed E-state index contributed by atoms with van der Waals surface area (Å²) in [5.41, 5.74) is 2.53. The zero-order chi connectivity index (χ0) is 24.3. The Kier molecular flexibility index (Phi) is 9.28. The third-order valence-corrected chi connectivity index (χ3v) is 5.79. The molecule has 1 N–H and O–H groups in total. The van der Waals surface area contributed by atoms with Gasteiger partial charge in [-0.25, -0.2) is 14.3 Å². The molecule has 0 bridgehead atoms. The molecule has 0 atom stereocenters. The summed E-state index contributed by atoms with van der Waals surface area (Å²) >= 11 is 0. The molecule has 6 nitrogen and oxygen atoms in total. The van der Waals surface area contributed by atoms with E-state index in [9.17, 15) is 14.7 Å². The lowest BCUT2D eigenvalue weighted by Crippen LogP contribution is -2.26. The number of nitrogens with zero attached hydrogens (tertiary/aromatic N) is 3. The van der Waals surface area contributed by atoms with Crippen molar-refractivity contribution in [3.05, 3.63) is 76.0 Å². The molecule has 178 valence electrons. The van der Waals surface area contributed by atoms with Crippen molar-refractivity contribution in [3.8, 4) is 23.0 Å². The predicted octanol–water partition coefficient (Wildman–Crippen LogP) is 5.58. The van der Waals surface area contributed by atoms with Gasteiger partial charge < -0.3 is 5.11 Å². The van der Waals surface area contributed by atoms with Gasteiger partial charge in [0.1, 0.15) is 0 Å². The zero-order valence-electron chi connectivity index (χ0n) is 20.1. The summed E-state index contributed by atoms with van der Waals surface area (Å²) < 4.78 is 3.16. The fourth-order valence-electron chi connectivity index (χ4n) is 3.92. The summed E-state index contributed by atoms with van der Waals surface area (Å²) in [6, 6.07) is 14.6. The molecule has 0 amide bonds. The van der Waals surface area contributed by atoms with Crippen LogP contribution in [-0.2, 0) is 13.1 Å². The number of hydrogen-bond donors (Lipinski definition) is 1. The normalized spacial score (nSPS) is 10.6. The molecule has 0 spiro atoms. The zero-order valence-corrected chi connectivity index (χ0v) is 20.1. The van der Waals surface area contributed by atoms with E-state index in [4.69, 9.17) is 0 Å². The lowest BCUT2D eigenvalue weighted by atomic mass is 9.99. The highest BCUT2D eigenvalue weighted by Crippen LogP contribution is 2.24. The molecule has 0 unspecified atom stereocenters. The Hall–Kier alpha value is -3.59. The molecule has 6 heteroatoms. The number of benzene rings is 2. The molecule has 0 fully saturated rings. The maximum Gasteiger partial charge on any atom is 0.347 e. The van der Waals surface area contributed by atoms with Crippen molar-refractivity contribution in [1.29, 1.82) is 0 Å².